The first kappa shape index (κ1) is 14.6. The maximum atomic E-state index is 12.4. The lowest BCUT2D eigenvalue weighted by molar-refractivity contribution is 0.0689. The van der Waals surface area contributed by atoms with Crippen molar-refractivity contribution in [2.24, 2.45) is 0 Å². The number of aromatic carboxylic acids is 1. The fourth-order valence-electron chi connectivity index (χ4n) is 1.85. The summed E-state index contributed by atoms with van der Waals surface area (Å²) in [6.45, 7) is 2.69. The highest BCUT2D eigenvalue weighted by Gasteiger charge is 2.17. The second-order valence-corrected chi connectivity index (χ2v) is 4.35. The fraction of sp³-hybridized carbons (Fsp3) is 0.200. The Kier molecular flexibility index (Phi) is 4.61. The Morgan fingerprint density at radius 1 is 1.14 bits per heavy atom. The van der Waals surface area contributed by atoms with Gasteiger partial charge in [-0.1, -0.05) is 12.1 Å². The van der Waals surface area contributed by atoms with E-state index >= 15 is 0 Å². The van der Waals surface area contributed by atoms with Crippen LogP contribution < -0.4 is 0 Å². The molecule has 108 valence electrons. The quantitative estimate of drug-likeness (QED) is 0.906. The lowest BCUT2D eigenvalue weighted by Crippen LogP contribution is -2.31. The predicted molar refractivity (Wildman–Crippen MR) is 75.8 cm³/mol. The first-order valence-electron chi connectivity index (χ1n) is 6.51. The zero-order chi connectivity index (χ0) is 15.2. The molecule has 0 unspecified atom stereocenters. The van der Waals surface area contributed by atoms with Gasteiger partial charge < -0.3 is 10.0 Å². The molecule has 0 aliphatic rings. The molecule has 0 saturated carbocycles. The van der Waals surface area contributed by atoms with Crippen LogP contribution in [0.25, 0.3) is 0 Å². The van der Waals surface area contributed by atoms with Crippen LogP contribution in [-0.2, 0) is 6.54 Å². The van der Waals surface area contributed by atoms with Crippen LogP contribution in [0.5, 0.6) is 0 Å². The van der Waals surface area contributed by atoms with Crippen molar-refractivity contribution in [2.45, 2.75) is 13.5 Å². The molecule has 0 aromatic carbocycles. The number of aromatic nitrogens is 2. The molecule has 0 atom stereocenters. The van der Waals surface area contributed by atoms with Crippen LogP contribution >= 0.6 is 0 Å². The zero-order valence-electron chi connectivity index (χ0n) is 11.6. The third-order valence-electron chi connectivity index (χ3n) is 2.94. The van der Waals surface area contributed by atoms with E-state index in [4.69, 9.17) is 5.11 Å². The Bertz CT molecular complexity index is 644. The van der Waals surface area contributed by atoms with Gasteiger partial charge in [-0.05, 0) is 31.2 Å². The van der Waals surface area contributed by atoms with Crippen molar-refractivity contribution in [3.05, 3.63) is 59.7 Å². The number of nitrogens with zero attached hydrogens (tertiary/aromatic N) is 3. The largest absolute Gasteiger partial charge is 0.477 e. The smallest absolute Gasteiger partial charge is 0.354 e. The van der Waals surface area contributed by atoms with Gasteiger partial charge >= 0.3 is 5.97 Å². The highest BCUT2D eigenvalue weighted by Crippen LogP contribution is 2.08. The van der Waals surface area contributed by atoms with Crippen LogP contribution in [0.1, 0.15) is 33.6 Å². The van der Waals surface area contributed by atoms with Crippen LogP contribution in [-0.4, -0.2) is 38.4 Å². The number of carboxylic acids is 1. The monoisotopic (exact) mass is 285 g/mol. The first-order chi connectivity index (χ1) is 10.1. The van der Waals surface area contributed by atoms with Gasteiger partial charge in [-0.3, -0.25) is 9.78 Å². The molecule has 2 heterocycles. The molecule has 0 bridgehead atoms. The zero-order valence-corrected chi connectivity index (χ0v) is 11.6. The molecule has 0 fully saturated rings. The number of carbonyl (C=O) groups is 2. The number of hydrogen-bond acceptors (Lipinski definition) is 4. The van der Waals surface area contributed by atoms with E-state index in [0.717, 1.165) is 5.69 Å². The van der Waals surface area contributed by atoms with Crippen molar-refractivity contribution < 1.29 is 14.7 Å². The lowest BCUT2D eigenvalue weighted by Gasteiger charge is -2.20. The number of rotatable bonds is 5. The van der Waals surface area contributed by atoms with E-state index in [1.54, 1.807) is 17.2 Å². The summed E-state index contributed by atoms with van der Waals surface area (Å²) in [5.41, 5.74) is 0.740. The Hall–Kier alpha value is -2.76. The molecular formula is C15H15N3O3. The fourth-order valence-corrected chi connectivity index (χ4v) is 1.85. The minimum atomic E-state index is -1.16. The van der Waals surface area contributed by atoms with Gasteiger partial charge in [0.25, 0.3) is 5.91 Å². The van der Waals surface area contributed by atoms with Gasteiger partial charge in [-0.25, -0.2) is 9.78 Å². The van der Waals surface area contributed by atoms with E-state index in [0.29, 0.717) is 13.1 Å². The molecule has 1 N–H and O–H groups in total. The molecule has 6 heteroatoms. The molecule has 6 nitrogen and oxygen atoms in total. The van der Waals surface area contributed by atoms with Crippen LogP contribution in [0.3, 0.4) is 0 Å². The minimum Gasteiger partial charge on any atom is -0.477 e. The van der Waals surface area contributed by atoms with Crippen molar-refractivity contribution in [1.29, 1.82) is 0 Å². The van der Waals surface area contributed by atoms with Crippen molar-refractivity contribution in [2.75, 3.05) is 6.54 Å². The summed E-state index contributed by atoms with van der Waals surface area (Å²) in [5, 5.41) is 8.92. The van der Waals surface area contributed by atoms with Gasteiger partial charge in [0.15, 0.2) is 0 Å². The third kappa shape index (κ3) is 3.62. The summed E-state index contributed by atoms with van der Waals surface area (Å²) in [6.07, 6.45) is 1.66. The van der Waals surface area contributed by atoms with E-state index < -0.39 is 5.97 Å². The van der Waals surface area contributed by atoms with Crippen molar-refractivity contribution in [3.8, 4) is 0 Å². The van der Waals surface area contributed by atoms with Gasteiger partial charge in [0.05, 0.1) is 12.2 Å². The van der Waals surface area contributed by atoms with Crippen molar-refractivity contribution in [3.63, 3.8) is 0 Å². The highest BCUT2D eigenvalue weighted by atomic mass is 16.4. The van der Waals surface area contributed by atoms with Crippen LogP contribution in [0.4, 0.5) is 0 Å². The number of pyridine rings is 2. The maximum absolute atomic E-state index is 12.4. The van der Waals surface area contributed by atoms with Crippen LogP contribution in [0, 0.1) is 0 Å². The average Bonchev–Trinajstić information content (AvgIpc) is 2.53. The van der Waals surface area contributed by atoms with E-state index in [2.05, 4.69) is 9.97 Å². The van der Waals surface area contributed by atoms with Gasteiger partial charge in [0.1, 0.15) is 11.4 Å². The minimum absolute atomic E-state index is 0.118. The molecule has 2 aromatic heterocycles. The predicted octanol–water partition coefficient (Wildman–Crippen LogP) is 1.84. The SMILES string of the molecule is CCN(Cc1ccccn1)C(=O)c1cccc(C(=O)O)n1. The summed E-state index contributed by atoms with van der Waals surface area (Å²) in [6, 6.07) is 9.86. The van der Waals surface area contributed by atoms with Gasteiger partial charge in [0.2, 0.25) is 0 Å². The molecule has 0 radical (unpaired) electrons. The summed E-state index contributed by atoms with van der Waals surface area (Å²) in [7, 11) is 0. The first-order valence-corrected chi connectivity index (χ1v) is 6.51. The van der Waals surface area contributed by atoms with Crippen LogP contribution in [0.2, 0.25) is 0 Å². The second kappa shape index (κ2) is 6.60. The molecule has 0 spiro atoms. The van der Waals surface area contributed by atoms with E-state index in [-0.39, 0.29) is 17.3 Å². The number of carbonyl (C=O) groups excluding carboxylic acids is 1. The van der Waals surface area contributed by atoms with Gasteiger partial charge in [-0.2, -0.15) is 0 Å². The topological polar surface area (TPSA) is 83.4 Å². The molecule has 21 heavy (non-hydrogen) atoms. The Balaban J connectivity index is 2.20. The standard InChI is InChI=1S/C15H15N3O3/c1-2-18(10-11-6-3-4-9-16-11)14(19)12-7-5-8-13(17-12)15(20)21/h3-9H,2,10H2,1H3,(H,20,21). The second-order valence-electron chi connectivity index (χ2n) is 4.35. The molecule has 0 saturated heterocycles. The van der Waals surface area contributed by atoms with E-state index in [1.807, 2.05) is 19.1 Å². The number of amides is 1. The third-order valence-corrected chi connectivity index (χ3v) is 2.94. The number of hydrogen-bond donors (Lipinski definition) is 1. The van der Waals surface area contributed by atoms with E-state index in [1.165, 1.54) is 18.2 Å². The molecular weight excluding hydrogens is 270 g/mol. The van der Waals surface area contributed by atoms with E-state index in [9.17, 15) is 9.59 Å². The highest BCUT2D eigenvalue weighted by molar-refractivity contribution is 5.94. The van der Waals surface area contributed by atoms with Gasteiger partial charge in [0, 0.05) is 12.7 Å². The van der Waals surface area contributed by atoms with Crippen molar-refractivity contribution >= 4 is 11.9 Å². The van der Waals surface area contributed by atoms with Crippen molar-refractivity contribution in [1.82, 2.24) is 14.9 Å². The average molecular weight is 285 g/mol. The summed E-state index contributed by atoms with van der Waals surface area (Å²) in [5.74, 6) is -1.47. The summed E-state index contributed by atoms with van der Waals surface area (Å²) < 4.78 is 0. The normalized spacial score (nSPS) is 10.1. The molecule has 0 aliphatic heterocycles. The molecule has 1 amide bonds. The maximum Gasteiger partial charge on any atom is 0.354 e. The van der Waals surface area contributed by atoms with Crippen LogP contribution in [0.15, 0.2) is 42.6 Å². The molecule has 0 aliphatic carbocycles. The summed E-state index contributed by atoms with van der Waals surface area (Å²) in [4.78, 5) is 32.9. The summed E-state index contributed by atoms with van der Waals surface area (Å²) >= 11 is 0. The Labute approximate surface area is 122 Å². The van der Waals surface area contributed by atoms with Gasteiger partial charge in [-0.15, -0.1) is 0 Å². The Morgan fingerprint density at radius 2 is 1.90 bits per heavy atom. The lowest BCUT2D eigenvalue weighted by atomic mass is 10.2. The molecule has 2 aromatic rings. The number of carboxylic acid groups (broad SMARTS) is 1. The molecule has 2 rings (SSSR count). The Morgan fingerprint density at radius 3 is 2.52 bits per heavy atom.